The molecule has 0 N–H and O–H groups in total. The Morgan fingerprint density at radius 1 is 0.339 bits per heavy atom. The van der Waals surface area contributed by atoms with Gasteiger partial charge in [0.15, 0.2) is 11.6 Å². The van der Waals surface area contributed by atoms with Crippen LogP contribution in [0.5, 0.6) is 0 Å². The predicted octanol–water partition coefficient (Wildman–Crippen LogP) is 12.3. The third kappa shape index (κ3) is 6.31. The van der Waals surface area contributed by atoms with Crippen LogP contribution in [0.4, 0.5) is 0 Å². The molecule has 4 aromatic heterocycles. The summed E-state index contributed by atoms with van der Waals surface area (Å²) >= 11 is 0. The molecule has 0 amide bonds. The number of imidazole rings is 2. The molecule has 0 aliphatic carbocycles. The molecule has 0 aliphatic heterocycles. The van der Waals surface area contributed by atoms with E-state index in [0.29, 0.717) is 17.6 Å². The van der Waals surface area contributed by atoms with Crippen molar-refractivity contribution in [2.75, 3.05) is 0 Å². The van der Waals surface area contributed by atoms with Crippen LogP contribution in [0, 0.1) is 6.92 Å². The van der Waals surface area contributed by atoms with Gasteiger partial charge in [0, 0.05) is 17.3 Å². The van der Waals surface area contributed by atoms with Crippen molar-refractivity contribution in [3.05, 3.63) is 200 Å². The molecule has 7 aromatic carbocycles. The number of benzene rings is 7. The predicted molar refractivity (Wildman–Crippen MR) is 238 cm³/mol. The van der Waals surface area contributed by atoms with E-state index in [4.69, 9.17) is 24.9 Å². The van der Waals surface area contributed by atoms with Crippen molar-refractivity contribution in [2.24, 2.45) is 0 Å². The lowest BCUT2D eigenvalue weighted by molar-refractivity contribution is 0.888. The molecule has 0 saturated carbocycles. The number of aryl methyl sites for hydroxylation is 1. The van der Waals surface area contributed by atoms with E-state index in [-0.39, 0.29) is 0 Å². The molecule has 0 spiro atoms. The molecule has 7 nitrogen and oxygen atoms in total. The molecule has 59 heavy (non-hydrogen) atoms. The van der Waals surface area contributed by atoms with Crippen LogP contribution >= 0.6 is 0 Å². The second kappa shape index (κ2) is 14.2. The summed E-state index contributed by atoms with van der Waals surface area (Å²) in [6, 6.07) is 65.3. The van der Waals surface area contributed by atoms with Crippen molar-refractivity contribution in [3.63, 3.8) is 0 Å². The maximum Gasteiger partial charge on any atom is 0.239 e. The number of aromatic nitrogens is 7. The third-order valence-electron chi connectivity index (χ3n) is 10.9. The van der Waals surface area contributed by atoms with E-state index in [1.54, 1.807) is 0 Å². The average Bonchev–Trinajstić information content (AvgIpc) is 3.84. The molecular weight excluding hydrogens is 723 g/mol. The molecule has 0 radical (unpaired) electrons. The molecule has 0 saturated heterocycles. The number of nitrogens with zero attached hydrogens (tertiary/aromatic N) is 7. The van der Waals surface area contributed by atoms with Gasteiger partial charge in [0.2, 0.25) is 5.95 Å². The Hall–Kier alpha value is -8.03. The molecule has 0 atom stereocenters. The van der Waals surface area contributed by atoms with Crippen molar-refractivity contribution in [1.29, 1.82) is 0 Å². The van der Waals surface area contributed by atoms with Crippen LogP contribution in [-0.2, 0) is 0 Å². The van der Waals surface area contributed by atoms with E-state index in [0.717, 1.165) is 89.2 Å². The minimum absolute atomic E-state index is 0.478. The molecule has 0 fully saturated rings. The standard InChI is InChI=1S/C52H35N7/c1-34-53-46-32-47-45(54-49-24-14-15-25-58(47)49)33-48(46)59(34)52-56-50(43-28-39(35-16-6-2-7-17-35)26-40(29-43)36-18-8-3-9-19-36)55-51(57-52)44-30-41(37-20-10-4-11-21-37)27-42(31-44)38-22-12-5-13-23-38/h2-33H,1H3. The zero-order valence-corrected chi connectivity index (χ0v) is 32.1. The molecule has 7 heteroatoms. The van der Waals surface area contributed by atoms with Gasteiger partial charge in [-0.15, -0.1) is 0 Å². The van der Waals surface area contributed by atoms with Gasteiger partial charge in [-0.1, -0.05) is 127 Å². The number of hydrogen-bond acceptors (Lipinski definition) is 5. The minimum Gasteiger partial charge on any atom is -0.300 e. The van der Waals surface area contributed by atoms with Crippen LogP contribution in [0.2, 0.25) is 0 Å². The first-order valence-corrected chi connectivity index (χ1v) is 19.7. The van der Waals surface area contributed by atoms with Gasteiger partial charge in [0.1, 0.15) is 11.5 Å². The lowest BCUT2D eigenvalue weighted by Crippen LogP contribution is -2.08. The first-order chi connectivity index (χ1) is 29.1. The number of pyridine rings is 1. The van der Waals surface area contributed by atoms with Gasteiger partial charge in [0.25, 0.3) is 0 Å². The van der Waals surface area contributed by atoms with Crippen LogP contribution < -0.4 is 0 Å². The van der Waals surface area contributed by atoms with E-state index in [1.807, 2.05) is 60.2 Å². The maximum atomic E-state index is 5.34. The van der Waals surface area contributed by atoms with E-state index in [9.17, 15) is 0 Å². The lowest BCUT2D eigenvalue weighted by Gasteiger charge is -2.14. The van der Waals surface area contributed by atoms with E-state index < -0.39 is 0 Å². The minimum atomic E-state index is 0.478. The summed E-state index contributed by atoms with van der Waals surface area (Å²) in [5.41, 5.74) is 14.9. The summed E-state index contributed by atoms with van der Waals surface area (Å²) in [6.45, 7) is 2.00. The van der Waals surface area contributed by atoms with Crippen molar-refractivity contribution in [2.45, 2.75) is 6.92 Å². The van der Waals surface area contributed by atoms with Crippen LogP contribution in [0.1, 0.15) is 5.82 Å². The Balaban J connectivity index is 1.18. The van der Waals surface area contributed by atoms with Gasteiger partial charge in [0.05, 0.1) is 22.1 Å². The van der Waals surface area contributed by atoms with E-state index >= 15 is 0 Å². The van der Waals surface area contributed by atoms with Gasteiger partial charge in [-0.05, 0) is 112 Å². The second-order valence-corrected chi connectivity index (χ2v) is 14.7. The summed E-state index contributed by atoms with van der Waals surface area (Å²) in [5, 5.41) is 0. The third-order valence-corrected chi connectivity index (χ3v) is 10.9. The summed E-state index contributed by atoms with van der Waals surface area (Å²) in [5.74, 6) is 2.35. The summed E-state index contributed by atoms with van der Waals surface area (Å²) < 4.78 is 4.13. The van der Waals surface area contributed by atoms with Gasteiger partial charge >= 0.3 is 0 Å². The average molecular weight is 758 g/mol. The zero-order chi connectivity index (χ0) is 39.3. The Bertz CT molecular complexity index is 3060. The number of hydrogen-bond donors (Lipinski definition) is 0. The zero-order valence-electron chi connectivity index (χ0n) is 32.1. The van der Waals surface area contributed by atoms with Crippen LogP contribution in [0.25, 0.3) is 101 Å². The van der Waals surface area contributed by atoms with E-state index in [1.165, 1.54) is 0 Å². The fourth-order valence-electron chi connectivity index (χ4n) is 8.03. The Morgan fingerprint density at radius 2 is 0.746 bits per heavy atom. The van der Waals surface area contributed by atoms with Crippen LogP contribution in [0.3, 0.4) is 0 Å². The summed E-state index contributed by atoms with van der Waals surface area (Å²) in [4.78, 5) is 26.0. The topological polar surface area (TPSA) is 73.8 Å². The highest BCUT2D eigenvalue weighted by Gasteiger charge is 2.20. The molecule has 278 valence electrons. The first kappa shape index (κ1) is 34.2. The quantitative estimate of drug-likeness (QED) is 0.162. The van der Waals surface area contributed by atoms with Crippen molar-refractivity contribution >= 4 is 27.7 Å². The fourth-order valence-corrected chi connectivity index (χ4v) is 8.03. The highest BCUT2D eigenvalue weighted by atomic mass is 15.2. The van der Waals surface area contributed by atoms with E-state index in [2.05, 4.69) is 150 Å². The Morgan fingerprint density at radius 3 is 1.22 bits per heavy atom. The highest BCUT2D eigenvalue weighted by molar-refractivity contribution is 5.94. The monoisotopic (exact) mass is 757 g/mol. The second-order valence-electron chi connectivity index (χ2n) is 14.7. The van der Waals surface area contributed by atoms with Gasteiger partial charge in [-0.25, -0.2) is 15.0 Å². The smallest absolute Gasteiger partial charge is 0.239 e. The largest absolute Gasteiger partial charge is 0.300 e. The normalized spacial score (nSPS) is 11.5. The van der Waals surface area contributed by atoms with Gasteiger partial charge in [-0.3, -0.25) is 8.97 Å². The van der Waals surface area contributed by atoms with Crippen LogP contribution in [-0.4, -0.2) is 33.9 Å². The summed E-state index contributed by atoms with van der Waals surface area (Å²) in [7, 11) is 0. The summed E-state index contributed by atoms with van der Waals surface area (Å²) in [6.07, 6.45) is 2.03. The van der Waals surface area contributed by atoms with Gasteiger partial charge in [-0.2, -0.15) is 9.97 Å². The Kier molecular flexibility index (Phi) is 8.22. The maximum absolute atomic E-state index is 5.34. The molecule has 0 aliphatic rings. The van der Waals surface area contributed by atoms with Crippen molar-refractivity contribution < 1.29 is 0 Å². The molecule has 0 unspecified atom stereocenters. The van der Waals surface area contributed by atoms with Gasteiger partial charge < -0.3 is 0 Å². The number of rotatable bonds is 7. The molecule has 4 heterocycles. The first-order valence-electron chi connectivity index (χ1n) is 19.7. The molecule has 11 rings (SSSR count). The lowest BCUT2D eigenvalue weighted by atomic mass is 9.95. The highest BCUT2D eigenvalue weighted by Crippen LogP contribution is 2.36. The molecular formula is C52H35N7. The van der Waals surface area contributed by atoms with Crippen molar-refractivity contribution in [3.8, 4) is 73.2 Å². The Labute approximate surface area is 340 Å². The molecule has 11 aromatic rings. The fraction of sp³-hybridized carbons (Fsp3) is 0.0192. The molecule has 0 bridgehead atoms. The number of fused-ring (bicyclic) bond motifs is 4. The van der Waals surface area contributed by atoms with Crippen molar-refractivity contribution in [1.82, 2.24) is 33.9 Å². The SMILES string of the molecule is Cc1nc2cc3c(cc2n1-c1nc(-c2cc(-c4ccccc4)cc(-c4ccccc4)c2)nc(-c2cc(-c4ccccc4)cc(-c4ccccc4)c2)n1)nc1ccccn13. The van der Waals surface area contributed by atoms with Crippen LogP contribution in [0.15, 0.2) is 194 Å².